The zero-order chi connectivity index (χ0) is 14.9. The molecule has 1 aliphatic rings. The van der Waals surface area contributed by atoms with E-state index in [0.717, 1.165) is 6.20 Å². The van der Waals surface area contributed by atoms with Gasteiger partial charge >= 0.3 is 12.1 Å². The Morgan fingerprint density at radius 1 is 1.40 bits per heavy atom. The van der Waals surface area contributed by atoms with Gasteiger partial charge in [-0.15, -0.1) is 0 Å². The summed E-state index contributed by atoms with van der Waals surface area (Å²) >= 11 is 0. The molecule has 1 fully saturated rings. The molecule has 8 heteroatoms. The smallest absolute Gasteiger partial charge is 0.391 e. The van der Waals surface area contributed by atoms with Gasteiger partial charge in [0, 0.05) is 12.6 Å². The van der Waals surface area contributed by atoms with E-state index in [0.29, 0.717) is 5.82 Å². The predicted octanol–water partition coefficient (Wildman–Crippen LogP) is 2.34. The number of hydrogen-bond acceptors (Lipinski definition) is 4. The van der Waals surface area contributed by atoms with Gasteiger partial charge in [0.05, 0.1) is 18.3 Å². The highest BCUT2D eigenvalue weighted by atomic mass is 19.4. The molecule has 0 bridgehead atoms. The molecular formula is C12H14F3N3O2. The number of aromatic carboxylic acids is 1. The van der Waals surface area contributed by atoms with Crippen LogP contribution in [0.3, 0.4) is 0 Å². The molecular weight excluding hydrogens is 275 g/mol. The number of nitrogens with zero attached hydrogens (tertiary/aromatic N) is 3. The summed E-state index contributed by atoms with van der Waals surface area (Å²) in [5.41, 5.74) is -0.188. The van der Waals surface area contributed by atoms with Gasteiger partial charge in [-0.25, -0.2) is 14.8 Å². The Hall–Kier alpha value is -1.86. The molecule has 20 heavy (non-hydrogen) atoms. The van der Waals surface area contributed by atoms with E-state index in [1.165, 1.54) is 6.20 Å². The second kappa shape index (κ2) is 5.26. The van der Waals surface area contributed by atoms with E-state index < -0.39 is 18.1 Å². The summed E-state index contributed by atoms with van der Waals surface area (Å²) in [5, 5.41) is 8.72. The second-order valence-electron chi connectivity index (χ2n) is 4.87. The largest absolute Gasteiger partial charge is 0.476 e. The lowest BCUT2D eigenvalue weighted by Gasteiger charge is -2.38. The monoisotopic (exact) mass is 289 g/mol. The minimum atomic E-state index is -4.17. The lowest BCUT2D eigenvalue weighted by Crippen LogP contribution is -2.45. The maximum absolute atomic E-state index is 12.7. The molecule has 0 amide bonds. The van der Waals surface area contributed by atoms with Gasteiger partial charge in [0.25, 0.3) is 0 Å². The highest BCUT2D eigenvalue weighted by Gasteiger charge is 2.43. The summed E-state index contributed by atoms with van der Waals surface area (Å²) in [5.74, 6) is -2.07. The van der Waals surface area contributed by atoms with Gasteiger partial charge in [-0.2, -0.15) is 13.2 Å². The van der Waals surface area contributed by atoms with Gasteiger partial charge in [0.1, 0.15) is 5.82 Å². The average Bonchev–Trinajstić information content (AvgIpc) is 2.37. The quantitative estimate of drug-likeness (QED) is 0.905. The fourth-order valence-electron chi connectivity index (χ4n) is 2.39. The van der Waals surface area contributed by atoms with Crippen LogP contribution >= 0.6 is 0 Å². The van der Waals surface area contributed by atoms with Gasteiger partial charge in [-0.3, -0.25) is 0 Å². The number of rotatable bonds is 2. The minimum absolute atomic E-state index is 0.00582. The molecule has 110 valence electrons. The molecule has 2 rings (SSSR count). The van der Waals surface area contributed by atoms with Crippen LogP contribution in [0.15, 0.2) is 12.4 Å². The summed E-state index contributed by atoms with van der Waals surface area (Å²) in [6.45, 7) is 1.93. The van der Waals surface area contributed by atoms with Crippen molar-refractivity contribution in [3.05, 3.63) is 18.1 Å². The highest BCUT2D eigenvalue weighted by Crippen LogP contribution is 2.37. The van der Waals surface area contributed by atoms with E-state index in [4.69, 9.17) is 5.11 Å². The van der Waals surface area contributed by atoms with Crippen LogP contribution in [-0.2, 0) is 0 Å². The Morgan fingerprint density at radius 3 is 2.55 bits per heavy atom. The molecule has 0 spiro atoms. The lowest BCUT2D eigenvalue weighted by atomic mass is 9.91. The van der Waals surface area contributed by atoms with Crippen LogP contribution in [0.4, 0.5) is 19.0 Å². The molecule has 1 N–H and O–H groups in total. The zero-order valence-electron chi connectivity index (χ0n) is 10.8. The fraction of sp³-hybridized carbons (Fsp3) is 0.583. The SMILES string of the molecule is CC1CC(C(F)(F)F)CCN1c1cnc(C(=O)O)cn1. The third-order valence-corrected chi connectivity index (χ3v) is 3.49. The molecule has 0 radical (unpaired) electrons. The molecule has 1 aliphatic heterocycles. The van der Waals surface area contributed by atoms with Crippen LogP contribution in [-0.4, -0.2) is 39.8 Å². The number of anilines is 1. The van der Waals surface area contributed by atoms with Gasteiger partial charge < -0.3 is 10.0 Å². The second-order valence-corrected chi connectivity index (χ2v) is 4.87. The molecule has 1 saturated heterocycles. The summed E-state index contributed by atoms with van der Waals surface area (Å²) in [6.07, 6.45) is -1.75. The van der Waals surface area contributed by atoms with Crippen molar-refractivity contribution in [2.24, 2.45) is 5.92 Å². The number of carbonyl (C=O) groups is 1. The third-order valence-electron chi connectivity index (χ3n) is 3.49. The van der Waals surface area contributed by atoms with Crippen molar-refractivity contribution in [1.29, 1.82) is 0 Å². The van der Waals surface area contributed by atoms with E-state index in [9.17, 15) is 18.0 Å². The first kappa shape index (κ1) is 14.5. The summed E-state index contributed by atoms with van der Waals surface area (Å²) in [6, 6.07) is -0.319. The number of hydrogen-bond donors (Lipinski definition) is 1. The van der Waals surface area contributed by atoms with Crippen molar-refractivity contribution >= 4 is 11.8 Å². The molecule has 0 saturated carbocycles. The Morgan fingerprint density at radius 2 is 2.10 bits per heavy atom. The molecule has 0 aliphatic carbocycles. The van der Waals surface area contributed by atoms with Gasteiger partial charge in [0.15, 0.2) is 5.69 Å². The molecule has 0 aromatic carbocycles. The Labute approximate surface area is 113 Å². The molecule has 5 nitrogen and oxygen atoms in total. The highest BCUT2D eigenvalue weighted by molar-refractivity contribution is 5.84. The van der Waals surface area contributed by atoms with Crippen LogP contribution in [0, 0.1) is 5.92 Å². The maximum Gasteiger partial charge on any atom is 0.391 e. The van der Waals surface area contributed by atoms with Crippen LogP contribution in [0.25, 0.3) is 0 Å². The summed E-state index contributed by atoms with van der Waals surface area (Å²) in [4.78, 5) is 20.1. The summed E-state index contributed by atoms with van der Waals surface area (Å²) < 4.78 is 38.0. The van der Waals surface area contributed by atoms with Gasteiger partial charge in [0.2, 0.25) is 0 Å². The van der Waals surface area contributed by atoms with Crippen molar-refractivity contribution in [2.45, 2.75) is 32.0 Å². The van der Waals surface area contributed by atoms with E-state index in [1.54, 1.807) is 11.8 Å². The topological polar surface area (TPSA) is 66.3 Å². The first-order valence-corrected chi connectivity index (χ1v) is 6.17. The van der Waals surface area contributed by atoms with E-state index in [-0.39, 0.29) is 31.1 Å². The number of aromatic nitrogens is 2. The van der Waals surface area contributed by atoms with Crippen molar-refractivity contribution in [2.75, 3.05) is 11.4 Å². The molecule has 1 aromatic rings. The normalized spacial score (nSPS) is 23.7. The third kappa shape index (κ3) is 3.00. The van der Waals surface area contributed by atoms with E-state index in [1.807, 2.05) is 0 Å². The van der Waals surface area contributed by atoms with E-state index >= 15 is 0 Å². The van der Waals surface area contributed by atoms with Crippen LogP contribution in [0.5, 0.6) is 0 Å². The number of piperidine rings is 1. The van der Waals surface area contributed by atoms with Crippen molar-refractivity contribution in [3.8, 4) is 0 Å². The Bertz CT molecular complexity index is 490. The van der Waals surface area contributed by atoms with Crippen molar-refractivity contribution in [3.63, 3.8) is 0 Å². The van der Waals surface area contributed by atoms with Crippen molar-refractivity contribution < 1.29 is 23.1 Å². The van der Waals surface area contributed by atoms with Crippen LogP contribution in [0.1, 0.15) is 30.3 Å². The van der Waals surface area contributed by atoms with Crippen LogP contribution in [0.2, 0.25) is 0 Å². The minimum Gasteiger partial charge on any atom is -0.476 e. The predicted molar refractivity (Wildman–Crippen MR) is 64.6 cm³/mol. The molecule has 1 aromatic heterocycles. The standard InChI is InChI=1S/C12H14F3N3O2/c1-7-4-8(12(13,14)15)2-3-18(7)10-6-16-9(5-17-10)11(19)20/h5-8H,2-4H2,1H3,(H,19,20). The lowest BCUT2D eigenvalue weighted by molar-refractivity contribution is -0.181. The maximum atomic E-state index is 12.7. The number of alkyl halides is 3. The molecule has 2 unspecified atom stereocenters. The average molecular weight is 289 g/mol. The first-order chi connectivity index (χ1) is 9.29. The van der Waals surface area contributed by atoms with Gasteiger partial charge in [-0.05, 0) is 19.8 Å². The number of carboxylic acid groups (broad SMARTS) is 1. The summed E-state index contributed by atoms with van der Waals surface area (Å²) in [7, 11) is 0. The number of carboxylic acids is 1. The molecule has 2 heterocycles. The van der Waals surface area contributed by atoms with Crippen molar-refractivity contribution in [1.82, 2.24) is 9.97 Å². The molecule has 2 atom stereocenters. The Balaban J connectivity index is 2.09. The number of halogens is 3. The Kier molecular flexibility index (Phi) is 3.82. The van der Waals surface area contributed by atoms with Gasteiger partial charge in [-0.1, -0.05) is 0 Å². The van der Waals surface area contributed by atoms with E-state index in [2.05, 4.69) is 9.97 Å². The zero-order valence-corrected chi connectivity index (χ0v) is 10.8. The van der Waals surface area contributed by atoms with Crippen LogP contribution < -0.4 is 4.90 Å². The fourth-order valence-corrected chi connectivity index (χ4v) is 2.39. The first-order valence-electron chi connectivity index (χ1n) is 6.17.